The standard InChI is InChI=1S/C20H25ClN2O5S2/c1-14(15-4-6-16(29-3)7-5-15)23-20(24)13-28-19-9-8-17(12-18(19)21)30(25,26)22-10-11-27-2/h4-9,12,14,22H,10-11,13H2,1-3H3,(H,23,24)/t14-/m0/s1. The topological polar surface area (TPSA) is 93.7 Å². The van der Waals surface area contributed by atoms with E-state index in [9.17, 15) is 13.2 Å². The van der Waals surface area contributed by atoms with Gasteiger partial charge in [0, 0.05) is 18.6 Å². The minimum Gasteiger partial charge on any atom is -0.482 e. The Morgan fingerprint density at radius 1 is 1.20 bits per heavy atom. The van der Waals surface area contributed by atoms with Crippen molar-refractivity contribution < 1.29 is 22.7 Å². The van der Waals surface area contributed by atoms with Gasteiger partial charge in [0.2, 0.25) is 10.0 Å². The summed E-state index contributed by atoms with van der Waals surface area (Å²) in [5, 5.41) is 2.95. The van der Waals surface area contributed by atoms with Crippen LogP contribution in [0.5, 0.6) is 5.75 Å². The van der Waals surface area contributed by atoms with E-state index >= 15 is 0 Å². The number of amides is 1. The molecule has 0 unspecified atom stereocenters. The van der Waals surface area contributed by atoms with Crippen molar-refractivity contribution in [2.45, 2.75) is 22.8 Å². The molecular weight excluding hydrogens is 448 g/mol. The first-order chi connectivity index (χ1) is 14.3. The summed E-state index contributed by atoms with van der Waals surface area (Å²) in [5.41, 5.74) is 0.981. The maximum absolute atomic E-state index is 12.2. The maximum atomic E-state index is 12.2. The Balaban J connectivity index is 1.92. The lowest BCUT2D eigenvalue weighted by Gasteiger charge is -2.15. The van der Waals surface area contributed by atoms with Crippen LogP contribution in [0.25, 0.3) is 0 Å². The molecule has 10 heteroatoms. The Bertz CT molecular complexity index is 952. The third-order valence-corrected chi connectivity index (χ3v) is 6.66. The second-order valence-corrected chi connectivity index (χ2v) is 9.39. The van der Waals surface area contributed by atoms with Gasteiger partial charge in [0.1, 0.15) is 5.75 Å². The van der Waals surface area contributed by atoms with Gasteiger partial charge >= 0.3 is 0 Å². The van der Waals surface area contributed by atoms with Crippen molar-refractivity contribution in [2.24, 2.45) is 0 Å². The van der Waals surface area contributed by atoms with E-state index in [0.717, 1.165) is 10.5 Å². The Kier molecular flexibility index (Phi) is 9.44. The molecule has 0 aliphatic heterocycles. The number of thioether (sulfide) groups is 1. The van der Waals surface area contributed by atoms with Crippen LogP contribution in [-0.4, -0.2) is 47.4 Å². The fourth-order valence-corrected chi connectivity index (χ4v) is 4.28. The first-order valence-corrected chi connectivity index (χ1v) is 12.2. The molecule has 0 fully saturated rings. The van der Waals surface area contributed by atoms with Crippen molar-refractivity contribution in [1.82, 2.24) is 10.0 Å². The van der Waals surface area contributed by atoms with Crippen LogP contribution in [-0.2, 0) is 19.6 Å². The molecule has 2 aromatic carbocycles. The Morgan fingerprint density at radius 2 is 1.90 bits per heavy atom. The van der Waals surface area contributed by atoms with E-state index in [4.69, 9.17) is 21.1 Å². The molecule has 7 nitrogen and oxygen atoms in total. The van der Waals surface area contributed by atoms with Gasteiger partial charge in [0.05, 0.1) is 22.6 Å². The fourth-order valence-electron chi connectivity index (χ4n) is 2.53. The van der Waals surface area contributed by atoms with Gasteiger partial charge in [0.25, 0.3) is 5.91 Å². The monoisotopic (exact) mass is 472 g/mol. The van der Waals surface area contributed by atoms with Gasteiger partial charge in [-0.3, -0.25) is 4.79 Å². The quantitative estimate of drug-likeness (QED) is 0.385. The molecule has 0 aliphatic rings. The minimum atomic E-state index is -3.71. The van der Waals surface area contributed by atoms with Gasteiger partial charge in [-0.1, -0.05) is 23.7 Å². The second kappa shape index (κ2) is 11.6. The number of benzene rings is 2. The number of ether oxygens (including phenoxy) is 2. The number of nitrogens with one attached hydrogen (secondary N) is 2. The normalized spacial score (nSPS) is 12.4. The van der Waals surface area contributed by atoms with E-state index < -0.39 is 10.0 Å². The minimum absolute atomic E-state index is 0.00252. The highest BCUT2D eigenvalue weighted by atomic mass is 35.5. The van der Waals surface area contributed by atoms with Crippen molar-refractivity contribution >= 4 is 39.3 Å². The predicted molar refractivity (Wildman–Crippen MR) is 119 cm³/mol. The van der Waals surface area contributed by atoms with E-state index in [0.29, 0.717) is 0 Å². The molecule has 1 atom stereocenters. The third kappa shape index (κ3) is 7.17. The lowest BCUT2D eigenvalue weighted by molar-refractivity contribution is -0.123. The highest BCUT2D eigenvalue weighted by Gasteiger charge is 2.16. The van der Waals surface area contributed by atoms with Gasteiger partial charge in [-0.15, -0.1) is 11.8 Å². The molecule has 2 aromatic rings. The summed E-state index contributed by atoms with van der Waals surface area (Å²) in [5.74, 6) is -0.0925. The number of hydrogen-bond donors (Lipinski definition) is 2. The zero-order chi connectivity index (χ0) is 22.1. The first kappa shape index (κ1) is 24.5. The van der Waals surface area contributed by atoms with Crippen molar-refractivity contribution in [3.8, 4) is 5.75 Å². The lowest BCUT2D eigenvalue weighted by atomic mass is 10.1. The zero-order valence-corrected chi connectivity index (χ0v) is 19.4. The van der Waals surface area contributed by atoms with Crippen LogP contribution in [0, 0.1) is 0 Å². The summed E-state index contributed by atoms with van der Waals surface area (Å²) in [6.45, 7) is 2.04. The molecule has 0 aromatic heterocycles. The van der Waals surface area contributed by atoms with Gasteiger partial charge in [-0.05, 0) is 49.1 Å². The number of methoxy groups -OCH3 is 1. The van der Waals surface area contributed by atoms with Crippen LogP contribution < -0.4 is 14.8 Å². The molecule has 30 heavy (non-hydrogen) atoms. The number of sulfonamides is 1. The van der Waals surface area contributed by atoms with Crippen LogP contribution >= 0.6 is 23.4 Å². The molecule has 0 spiro atoms. The van der Waals surface area contributed by atoms with Crippen LogP contribution in [0.2, 0.25) is 5.02 Å². The van der Waals surface area contributed by atoms with E-state index in [1.54, 1.807) is 11.8 Å². The van der Waals surface area contributed by atoms with Crippen LogP contribution in [0.1, 0.15) is 18.5 Å². The molecule has 0 radical (unpaired) electrons. The smallest absolute Gasteiger partial charge is 0.258 e. The van der Waals surface area contributed by atoms with Crippen molar-refractivity contribution in [1.29, 1.82) is 0 Å². The van der Waals surface area contributed by atoms with Crippen molar-refractivity contribution in [2.75, 3.05) is 33.1 Å². The molecule has 164 valence electrons. The number of rotatable bonds is 11. The molecule has 0 saturated heterocycles. The van der Waals surface area contributed by atoms with Gasteiger partial charge < -0.3 is 14.8 Å². The summed E-state index contributed by atoms with van der Waals surface area (Å²) in [7, 11) is -2.22. The highest BCUT2D eigenvalue weighted by molar-refractivity contribution is 7.98. The molecule has 0 heterocycles. The van der Waals surface area contributed by atoms with Crippen LogP contribution in [0.15, 0.2) is 52.3 Å². The number of carbonyl (C=O) groups excluding carboxylic acids is 1. The Morgan fingerprint density at radius 3 is 2.50 bits per heavy atom. The SMILES string of the molecule is COCCNS(=O)(=O)c1ccc(OCC(=O)N[C@@H](C)c2ccc(SC)cc2)c(Cl)c1. The molecule has 2 rings (SSSR count). The van der Waals surface area contributed by atoms with Gasteiger partial charge in [0.15, 0.2) is 6.61 Å². The summed E-state index contributed by atoms with van der Waals surface area (Å²) in [6.07, 6.45) is 2.00. The van der Waals surface area contributed by atoms with Crippen molar-refractivity contribution in [3.05, 3.63) is 53.1 Å². The third-order valence-electron chi connectivity index (χ3n) is 4.16. The number of hydrogen-bond acceptors (Lipinski definition) is 6. The Hall–Kier alpha value is -1.78. The van der Waals surface area contributed by atoms with Gasteiger partial charge in [-0.2, -0.15) is 0 Å². The molecular formula is C20H25ClN2O5S2. The highest BCUT2D eigenvalue weighted by Crippen LogP contribution is 2.27. The number of halogens is 1. The largest absolute Gasteiger partial charge is 0.482 e. The maximum Gasteiger partial charge on any atom is 0.258 e. The first-order valence-electron chi connectivity index (χ1n) is 9.11. The summed E-state index contributed by atoms with van der Waals surface area (Å²) >= 11 is 7.79. The molecule has 0 aliphatic carbocycles. The summed E-state index contributed by atoms with van der Waals surface area (Å²) in [6, 6.07) is 11.8. The van der Waals surface area contributed by atoms with Crippen molar-refractivity contribution in [3.63, 3.8) is 0 Å². The van der Waals surface area contributed by atoms with E-state index in [-0.39, 0.29) is 47.4 Å². The van der Waals surface area contributed by atoms with Crippen LogP contribution in [0.4, 0.5) is 0 Å². The Labute approximate surface area is 186 Å². The van der Waals surface area contributed by atoms with E-state index in [1.165, 1.54) is 25.3 Å². The summed E-state index contributed by atoms with van der Waals surface area (Å²) in [4.78, 5) is 13.4. The molecule has 2 N–H and O–H groups in total. The fraction of sp³-hybridized carbons (Fsp3) is 0.350. The van der Waals surface area contributed by atoms with Gasteiger partial charge in [-0.25, -0.2) is 13.1 Å². The molecule has 0 bridgehead atoms. The molecule has 0 saturated carbocycles. The predicted octanol–water partition coefficient (Wildman–Crippen LogP) is 3.24. The number of carbonyl (C=O) groups is 1. The van der Waals surface area contributed by atoms with E-state index in [1.807, 2.05) is 37.4 Å². The van der Waals surface area contributed by atoms with E-state index in [2.05, 4.69) is 10.0 Å². The van der Waals surface area contributed by atoms with Crippen LogP contribution in [0.3, 0.4) is 0 Å². The zero-order valence-electron chi connectivity index (χ0n) is 17.0. The average molecular weight is 473 g/mol. The average Bonchev–Trinajstić information content (AvgIpc) is 2.73. The lowest BCUT2D eigenvalue weighted by Crippen LogP contribution is -2.31. The second-order valence-electron chi connectivity index (χ2n) is 6.33. The summed E-state index contributed by atoms with van der Waals surface area (Å²) < 4.78 is 37.1. The molecule has 1 amide bonds.